The van der Waals surface area contributed by atoms with E-state index >= 15 is 0 Å². The highest BCUT2D eigenvalue weighted by Gasteiger charge is 2.52. The second kappa shape index (κ2) is 10.9. The lowest BCUT2D eigenvalue weighted by Crippen LogP contribution is -2.53. The quantitative estimate of drug-likeness (QED) is 0.600. The number of hydrogen-bond donors (Lipinski definition) is 1. The van der Waals surface area contributed by atoms with Gasteiger partial charge in [0, 0.05) is 42.5 Å². The molecule has 2 saturated heterocycles. The molecular weight excluding hydrogens is 492 g/mol. The molecular formula is C28H33ClN4O4. The smallest absolute Gasteiger partial charge is 0.254 e. The van der Waals surface area contributed by atoms with E-state index < -0.39 is 18.1 Å². The molecule has 9 heteroatoms. The van der Waals surface area contributed by atoms with Crippen LogP contribution in [0.5, 0.6) is 0 Å². The maximum Gasteiger partial charge on any atom is 0.254 e. The monoisotopic (exact) mass is 524 g/mol. The van der Waals surface area contributed by atoms with Gasteiger partial charge >= 0.3 is 0 Å². The number of nitrogens with one attached hydrogen (secondary N) is 1. The molecule has 8 nitrogen and oxygen atoms in total. The highest BCUT2D eigenvalue weighted by atomic mass is 35.5. The summed E-state index contributed by atoms with van der Waals surface area (Å²) in [4.78, 5) is 58.0. The number of rotatable bonds is 7. The van der Waals surface area contributed by atoms with Crippen LogP contribution in [0.4, 0.5) is 5.69 Å². The molecule has 2 aromatic rings. The van der Waals surface area contributed by atoms with Crippen molar-refractivity contribution in [1.82, 2.24) is 15.1 Å². The highest BCUT2D eigenvalue weighted by Crippen LogP contribution is 2.32. The van der Waals surface area contributed by atoms with Gasteiger partial charge in [0.2, 0.25) is 5.91 Å². The van der Waals surface area contributed by atoms with E-state index in [1.807, 2.05) is 45.0 Å². The van der Waals surface area contributed by atoms with Crippen molar-refractivity contribution in [2.24, 2.45) is 5.92 Å². The number of fused-ring (bicyclic) bond motifs is 1. The van der Waals surface area contributed by atoms with Crippen molar-refractivity contribution in [2.45, 2.75) is 44.8 Å². The minimum atomic E-state index is -0.773. The summed E-state index contributed by atoms with van der Waals surface area (Å²) in [5, 5.41) is 3.34. The first kappa shape index (κ1) is 26.7. The molecule has 0 saturated carbocycles. The molecule has 3 amide bonds. The van der Waals surface area contributed by atoms with Crippen LogP contribution in [0.2, 0.25) is 5.02 Å². The van der Waals surface area contributed by atoms with Gasteiger partial charge in [-0.2, -0.15) is 0 Å². The number of carbonyl (C=O) groups is 4. The van der Waals surface area contributed by atoms with Crippen LogP contribution in [0.1, 0.15) is 47.4 Å². The van der Waals surface area contributed by atoms with Crippen molar-refractivity contribution >= 4 is 40.8 Å². The van der Waals surface area contributed by atoms with E-state index in [1.54, 1.807) is 46.2 Å². The van der Waals surface area contributed by atoms with E-state index in [0.29, 0.717) is 35.5 Å². The number of amides is 3. The molecule has 2 aliphatic rings. The van der Waals surface area contributed by atoms with Crippen LogP contribution in [0.3, 0.4) is 0 Å². The molecule has 37 heavy (non-hydrogen) atoms. The Bertz CT molecular complexity index is 1200. The van der Waals surface area contributed by atoms with Crippen LogP contribution in [-0.2, 0) is 9.59 Å². The Balaban J connectivity index is 1.50. The Morgan fingerprint density at radius 1 is 1.05 bits per heavy atom. The number of hydrogen-bond acceptors (Lipinski definition) is 5. The maximum atomic E-state index is 13.7. The van der Waals surface area contributed by atoms with Crippen molar-refractivity contribution in [1.29, 1.82) is 0 Å². The van der Waals surface area contributed by atoms with Crippen LogP contribution in [-0.4, -0.2) is 78.6 Å². The maximum absolute atomic E-state index is 13.7. The molecule has 2 heterocycles. The van der Waals surface area contributed by atoms with Crippen LogP contribution in [0.15, 0.2) is 48.5 Å². The Morgan fingerprint density at radius 3 is 2.38 bits per heavy atom. The Morgan fingerprint density at radius 2 is 1.76 bits per heavy atom. The second-order valence-electron chi connectivity index (χ2n) is 10.3. The summed E-state index contributed by atoms with van der Waals surface area (Å²) in [6.45, 7) is 4.26. The van der Waals surface area contributed by atoms with E-state index in [-0.39, 0.29) is 36.0 Å². The third-order valence-electron chi connectivity index (χ3n) is 6.99. The topological polar surface area (TPSA) is 90.0 Å². The van der Waals surface area contributed by atoms with Crippen molar-refractivity contribution < 1.29 is 19.2 Å². The van der Waals surface area contributed by atoms with Gasteiger partial charge in [-0.25, -0.2) is 0 Å². The molecule has 4 rings (SSSR count). The molecule has 196 valence electrons. The number of benzene rings is 2. The largest absolute Gasteiger partial charge is 0.378 e. The molecule has 2 aromatic carbocycles. The van der Waals surface area contributed by atoms with Crippen molar-refractivity contribution in [3.05, 3.63) is 64.7 Å². The van der Waals surface area contributed by atoms with E-state index in [4.69, 9.17) is 11.6 Å². The molecule has 0 aromatic heterocycles. The Hall–Kier alpha value is -3.39. The summed E-state index contributed by atoms with van der Waals surface area (Å²) in [6.07, 6.45) is 0.941. The van der Waals surface area contributed by atoms with E-state index in [9.17, 15) is 19.2 Å². The summed E-state index contributed by atoms with van der Waals surface area (Å²) >= 11 is 6.06. The molecule has 0 radical (unpaired) electrons. The predicted octanol–water partition coefficient (Wildman–Crippen LogP) is 3.25. The molecule has 0 aliphatic carbocycles. The number of Topliss-reactive ketones (excluding diaryl/α,β-unsaturated/α-hetero) is 1. The first-order chi connectivity index (χ1) is 17.6. The fourth-order valence-electron chi connectivity index (χ4n) is 5.17. The first-order valence-electron chi connectivity index (χ1n) is 12.5. The van der Waals surface area contributed by atoms with Crippen LogP contribution >= 0.6 is 11.6 Å². The minimum Gasteiger partial charge on any atom is -0.378 e. The third kappa shape index (κ3) is 5.64. The minimum absolute atomic E-state index is 0.0517. The number of likely N-dealkylation sites (tertiary alicyclic amines) is 2. The molecule has 0 bridgehead atoms. The van der Waals surface area contributed by atoms with Crippen LogP contribution in [0.25, 0.3) is 0 Å². The zero-order valence-electron chi connectivity index (χ0n) is 21.6. The molecule has 2 aliphatic heterocycles. The molecule has 1 unspecified atom stereocenters. The lowest BCUT2D eigenvalue weighted by molar-refractivity contribution is -0.138. The zero-order chi connectivity index (χ0) is 26.9. The summed E-state index contributed by atoms with van der Waals surface area (Å²) in [7, 11) is 3.84. The number of anilines is 1. The number of carbonyl (C=O) groups excluding carboxylic acids is 4. The SMILES string of the molecule is CC(C)C[C@H](NC(=O)c1ccc(N(C)C)cc1)C(=O)N1CCC2[C@H]1C(=O)CN2C(=O)c1cccc(Cl)c1. The molecule has 2 fully saturated rings. The second-order valence-corrected chi connectivity index (χ2v) is 10.8. The third-order valence-corrected chi connectivity index (χ3v) is 7.23. The highest BCUT2D eigenvalue weighted by molar-refractivity contribution is 6.31. The fourth-order valence-corrected chi connectivity index (χ4v) is 5.36. The average molecular weight is 525 g/mol. The summed E-state index contributed by atoms with van der Waals surface area (Å²) in [5.41, 5.74) is 1.84. The standard InChI is InChI=1S/C28H33ClN4O4/c1-17(2)14-22(30-26(35)18-8-10-21(11-9-18)31(3)4)28(37)32-13-12-23-25(32)24(34)16-33(23)27(36)19-6-5-7-20(29)15-19/h5-11,15,17,22-23,25H,12-14,16H2,1-4H3,(H,30,35)/t22-,23?,25-/m0/s1. The summed E-state index contributed by atoms with van der Waals surface area (Å²) in [5.74, 6) is -0.921. The van der Waals surface area contributed by atoms with Gasteiger partial charge in [-0.15, -0.1) is 0 Å². The summed E-state index contributed by atoms with van der Waals surface area (Å²) in [6, 6.07) is 11.9. The van der Waals surface area contributed by atoms with E-state index in [1.165, 1.54) is 0 Å². The van der Waals surface area contributed by atoms with E-state index in [2.05, 4.69) is 5.32 Å². The van der Waals surface area contributed by atoms with E-state index in [0.717, 1.165) is 5.69 Å². The van der Waals surface area contributed by atoms with Gasteiger partial charge < -0.3 is 20.0 Å². The fraction of sp³-hybridized carbons (Fsp3) is 0.429. The van der Waals surface area contributed by atoms with Gasteiger partial charge in [0.15, 0.2) is 5.78 Å². The van der Waals surface area contributed by atoms with Gasteiger partial charge in [-0.3, -0.25) is 19.2 Å². The van der Waals surface area contributed by atoms with Crippen molar-refractivity contribution in [3.63, 3.8) is 0 Å². The van der Waals surface area contributed by atoms with Crippen LogP contribution < -0.4 is 10.2 Å². The Kier molecular flexibility index (Phi) is 7.87. The zero-order valence-corrected chi connectivity index (χ0v) is 22.4. The molecule has 0 spiro atoms. The summed E-state index contributed by atoms with van der Waals surface area (Å²) < 4.78 is 0. The number of ketones is 1. The van der Waals surface area contributed by atoms with Crippen LogP contribution in [0, 0.1) is 5.92 Å². The van der Waals surface area contributed by atoms with Gasteiger partial charge in [-0.1, -0.05) is 31.5 Å². The average Bonchev–Trinajstić information content (AvgIpc) is 3.43. The lowest BCUT2D eigenvalue weighted by Gasteiger charge is -2.29. The molecule has 3 atom stereocenters. The predicted molar refractivity (Wildman–Crippen MR) is 143 cm³/mol. The van der Waals surface area contributed by atoms with Gasteiger partial charge in [0.05, 0.1) is 12.6 Å². The number of halogens is 1. The van der Waals surface area contributed by atoms with Crippen molar-refractivity contribution in [2.75, 3.05) is 32.1 Å². The van der Waals surface area contributed by atoms with Gasteiger partial charge in [-0.05, 0) is 61.2 Å². The lowest BCUT2D eigenvalue weighted by atomic mass is 10.0. The number of nitrogens with zero attached hydrogens (tertiary/aromatic N) is 3. The van der Waals surface area contributed by atoms with Gasteiger partial charge in [0.25, 0.3) is 11.8 Å². The normalized spacial score (nSPS) is 19.7. The van der Waals surface area contributed by atoms with Crippen molar-refractivity contribution in [3.8, 4) is 0 Å². The van der Waals surface area contributed by atoms with Gasteiger partial charge in [0.1, 0.15) is 12.1 Å². The first-order valence-corrected chi connectivity index (χ1v) is 12.9. The Labute approximate surface area is 222 Å². The molecule has 1 N–H and O–H groups in total.